The maximum absolute atomic E-state index is 11.9. The Balaban J connectivity index is 2.00. The molecule has 0 aliphatic rings. The molecule has 2 aromatic rings. The standard InChI is InChI=1S/C14H19N5O2/c1-4-10-7-15-19-13(10)18-12(20)6-5-11-8(2)16-9(3)17-14(11)21/h7H,4-6H2,1-3H3,(H,16,17,21)(H2,15,18,19,20). The molecule has 7 heteroatoms. The number of carbonyl (C=O) groups is 1. The molecule has 0 aliphatic heterocycles. The van der Waals surface area contributed by atoms with Crippen molar-refractivity contribution in [2.75, 3.05) is 5.32 Å². The third kappa shape index (κ3) is 3.56. The zero-order valence-electron chi connectivity index (χ0n) is 12.4. The van der Waals surface area contributed by atoms with Crippen LogP contribution >= 0.6 is 0 Å². The molecule has 3 N–H and O–H groups in total. The molecule has 0 aromatic carbocycles. The Morgan fingerprint density at radius 1 is 1.38 bits per heavy atom. The van der Waals surface area contributed by atoms with E-state index in [1.54, 1.807) is 20.0 Å². The predicted octanol–water partition coefficient (Wildman–Crippen LogP) is 1.24. The Morgan fingerprint density at radius 2 is 2.14 bits per heavy atom. The molecule has 21 heavy (non-hydrogen) atoms. The molecule has 0 aliphatic carbocycles. The molecule has 7 nitrogen and oxygen atoms in total. The molecule has 0 unspecified atom stereocenters. The summed E-state index contributed by atoms with van der Waals surface area (Å²) in [5, 5.41) is 9.42. The minimum absolute atomic E-state index is 0.159. The van der Waals surface area contributed by atoms with Gasteiger partial charge in [0.15, 0.2) is 0 Å². The molecule has 2 rings (SSSR count). The van der Waals surface area contributed by atoms with Crippen molar-refractivity contribution < 1.29 is 4.79 Å². The SMILES string of the molecule is CCc1cn[nH]c1NC(=O)CCc1c(C)nc(C)[nH]c1=O. The van der Waals surface area contributed by atoms with Gasteiger partial charge in [-0.2, -0.15) is 5.10 Å². The van der Waals surface area contributed by atoms with Gasteiger partial charge in [-0.25, -0.2) is 4.98 Å². The molecule has 0 bridgehead atoms. The summed E-state index contributed by atoms with van der Waals surface area (Å²) < 4.78 is 0. The lowest BCUT2D eigenvalue weighted by Crippen LogP contribution is -2.20. The lowest BCUT2D eigenvalue weighted by molar-refractivity contribution is -0.116. The predicted molar refractivity (Wildman–Crippen MR) is 79.2 cm³/mol. The normalized spacial score (nSPS) is 10.6. The number of hydrogen-bond acceptors (Lipinski definition) is 4. The van der Waals surface area contributed by atoms with Crippen molar-refractivity contribution >= 4 is 11.7 Å². The second-order valence-electron chi connectivity index (χ2n) is 4.89. The highest BCUT2D eigenvalue weighted by atomic mass is 16.1. The van der Waals surface area contributed by atoms with Crippen LogP contribution in [0.1, 0.15) is 36.0 Å². The smallest absolute Gasteiger partial charge is 0.254 e. The summed E-state index contributed by atoms with van der Waals surface area (Å²) in [7, 11) is 0. The number of carbonyl (C=O) groups excluding carboxylic acids is 1. The van der Waals surface area contributed by atoms with Crippen LogP contribution in [0.25, 0.3) is 0 Å². The van der Waals surface area contributed by atoms with Gasteiger partial charge in [-0.1, -0.05) is 6.92 Å². The van der Waals surface area contributed by atoms with Crippen LogP contribution in [0, 0.1) is 13.8 Å². The van der Waals surface area contributed by atoms with Crippen molar-refractivity contribution in [3.8, 4) is 0 Å². The highest BCUT2D eigenvalue weighted by Gasteiger charge is 2.11. The van der Waals surface area contributed by atoms with E-state index in [4.69, 9.17) is 0 Å². The Bertz CT molecular complexity index is 702. The minimum Gasteiger partial charge on any atom is -0.311 e. The summed E-state index contributed by atoms with van der Waals surface area (Å²) >= 11 is 0. The fourth-order valence-corrected chi connectivity index (χ4v) is 2.17. The second kappa shape index (κ2) is 6.34. The van der Waals surface area contributed by atoms with Crippen LogP contribution in [0.5, 0.6) is 0 Å². The van der Waals surface area contributed by atoms with Gasteiger partial charge in [-0.3, -0.25) is 14.7 Å². The van der Waals surface area contributed by atoms with E-state index >= 15 is 0 Å². The van der Waals surface area contributed by atoms with E-state index in [-0.39, 0.29) is 17.9 Å². The fraction of sp³-hybridized carbons (Fsp3) is 0.429. The first-order valence-electron chi connectivity index (χ1n) is 6.89. The maximum Gasteiger partial charge on any atom is 0.254 e. The van der Waals surface area contributed by atoms with Gasteiger partial charge in [0.1, 0.15) is 11.6 Å². The summed E-state index contributed by atoms with van der Waals surface area (Å²) in [6.45, 7) is 5.50. The van der Waals surface area contributed by atoms with Gasteiger partial charge in [-0.15, -0.1) is 0 Å². The third-order valence-corrected chi connectivity index (χ3v) is 3.31. The molecule has 0 fully saturated rings. The van der Waals surface area contributed by atoms with Crippen LogP contribution in [-0.4, -0.2) is 26.1 Å². The Labute approximate surface area is 122 Å². The second-order valence-corrected chi connectivity index (χ2v) is 4.89. The first kappa shape index (κ1) is 15.0. The van der Waals surface area contributed by atoms with Crippen molar-refractivity contribution in [2.45, 2.75) is 40.0 Å². The third-order valence-electron chi connectivity index (χ3n) is 3.31. The van der Waals surface area contributed by atoms with Gasteiger partial charge < -0.3 is 10.3 Å². The molecule has 2 heterocycles. The summed E-state index contributed by atoms with van der Waals surface area (Å²) in [6.07, 6.45) is 3.05. The molecule has 0 radical (unpaired) electrons. The topological polar surface area (TPSA) is 104 Å². The number of anilines is 1. The number of H-pyrrole nitrogens is 2. The van der Waals surface area contributed by atoms with E-state index in [2.05, 4.69) is 25.5 Å². The Hall–Kier alpha value is -2.44. The number of aromatic amines is 2. The number of nitrogens with zero attached hydrogens (tertiary/aromatic N) is 2. The monoisotopic (exact) mass is 289 g/mol. The van der Waals surface area contributed by atoms with E-state index < -0.39 is 0 Å². The van der Waals surface area contributed by atoms with Crippen LogP contribution in [0.3, 0.4) is 0 Å². The molecule has 2 aromatic heterocycles. The van der Waals surface area contributed by atoms with E-state index in [0.29, 0.717) is 29.3 Å². The van der Waals surface area contributed by atoms with Crippen LogP contribution in [0.15, 0.2) is 11.0 Å². The van der Waals surface area contributed by atoms with Crippen LogP contribution in [-0.2, 0) is 17.6 Å². The zero-order valence-corrected chi connectivity index (χ0v) is 12.4. The Kier molecular flexibility index (Phi) is 4.52. The summed E-state index contributed by atoms with van der Waals surface area (Å²) in [4.78, 5) is 30.7. The molecule has 1 amide bonds. The van der Waals surface area contributed by atoms with Crippen LogP contribution < -0.4 is 10.9 Å². The average molecular weight is 289 g/mol. The van der Waals surface area contributed by atoms with E-state index in [9.17, 15) is 9.59 Å². The van der Waals surface area contributed by atoms with Gasteiger partial charge in [0.2, 0.25) is 5.91 Å². The molecule has 112 valence electrons. The van der Waals surface area contributed by atoms with Gasteiger partial charge >= 0.3 is 0 Å². The zero-order chi connectivity index (χ0) is 15.4. The van der Waals surface area contributed by atoms with Crippen molar-refractivity contribution in [1.82, 2.24) is 20.2 Å². The van der Waals surface area contributed by atoms with Gasteiger partial charge in [0.25, 0.3) is 5.56 Å². The number of aromatic nitrogens is 4. The quantitative estimate of drug-likeness (QED) is 0.770. The minimum atomic E-state index is -0.177. The summed E-state index contributed by atoms with van der Waals surface area (Å²) in [6, 6.07) is 0. The van der Waals surface area contributed by atoms with Crippen molar-refractivity contribution in [1.29, 1.82) is 0 Å². The number of hydrogen-bond donors (Lipinski definition) is 3. The highest BCUT2D eigenvalue weighted by Crippen LogP contribution is 2.12. The lowest BCUT2D eigenvalue weighted by atomic mass is 10.1. The molecular formula is C14H19N5O2. The van der Waals surface area contributed by atoms with E-state index in [1.807, 2.05) is 6.92 Å². The van der Waals surface area contributed by atoms with Gasteiger partial charge in [0, 0.05) is 23.2 Å². The number of aryl methyl sites for hydroxylation is 3. The fourth-order valence-electron chi connectivity index (χ4n) is 2.17. The summed E-state index contributed by atoms with van der Waals surface area (Å²) in [5.41, 5.74) is 1.99. The van der Waals surface area contributed by atoms with Gasteiger partial charge in [0.05, 0.1) is 6.20 Å². The molecular weight excluding hydrogens is 270 g/mol. The first-order chi connectivity index (χ1) is 10.0. The first-order valence-corrected chi connectivity index (χ1v) is 6.89. The number of nitrogens with one attached hydrogen (secondary N) is 3. The average Bonchev–Trinajstić information content (AvgIpc) is 2.84. The van der Waals surface area contributed by atoms with Crippen molar-refractivity contribution in [3.05, 3.63) is 39.2 Å². The number of amides is 1. The highest BCUT2D eigenvalue weighted by molar-refractivity contribution is 5.90. The maximum atomic E-state index is 11.9. The van der Waals surface area contributed by atoms with Gasteiger partial charge in [-0.05, 0) is 26.7 Å². The van der Waals surface area contributed by atoms with Crippen molar-refractivity contribution in [3.63, 3.8) is 0 Å². The lowest BCUT2D eigenvalue weighted by Gasteiger charge is -2.06. The van der Waals surface area contributed by atoms with Crippen molar-refractivity contribution in [2.24, 2.45) is 0 Å². The molecule has 0 atom stereocenters. The Morgan fingerprint density at radius 3 is 2.81 bits per heavy atom. The van der Waals surface area contributed by atoms with Crippen LogP contribution in [0.4, 0.5) is 5.82 Å². The van der Waals surface area contributed by atoms with E-state index in [1.165, 1.54) is 0 Å². The molecule has 0 saturated carbocycles. The summed E-state index contributed by atoms with van der Waals surface area (Å²) in [5.74, 6) is 1.04. The largest absolute Gasteiger partial charge is 0.311 e. The number of rotatable bonds is 5. The van der Waals surface area contributed by atoms with Crippen LogP contribution in [0.2, 0.25) is 0 Å². The molecule has 0 saturated heterocycles. The molecule has 0 spiro atoms. The van der Waals surface area contributed by atoms with E-state index in [0.717, 1.165) is 12.0 Å².